The van der Waals surface area contributed by atoms with E-state index in [1.807, 2.05) is 0 Å². The first-order valence-corrected chi connectivity index (χ1v) is 20.7. The monoisotopic (exact) mass is 755 g/mol. The average Bonchev–Trinajstić information content (AvgIpc) is 4.01. The molecular weight excluding hydrogens is 723 g/mol. The molecule has 9 aromatic carbocycles. The SMILES string of the molecule is c1ccc(-c2cccc(Sc3ccc(N(c4cc5c6ccccc6n6c7ccccc7c(c4)c56)c4cc5c6ccccc6n6c7ccccc7c(c4)c56)cc3)c2)cc1. The highest BCUT2D eigenvalue weighted by atomic mass is 32.2. The minimum absolute atomic E-state index is 1.12. The molecule has 0 saturated carbocycles. The van der Waals surface area contributed by atoms with Crippen molar-refractivity contribution in [3.05, 3.63) is 200 Å². The first-order chi connectivity index (χ1) is 28.8. The Morgan fingerprint density at radius 2 is 0.707 bits per heavy atom. The van der Waals surface area contributed by atoms with Crippen LogP contribution in [-0.2, 0) is 0 Å². The summed E-state index contributed by atoms with van der Waals surface area (Å²) >= 11 is 1.80. The zero-order valence-corrected chi connectivity index (χ0v) is 32.1. The minimum atomic E-state index is 1.12. The predicted molar refractivity (Wildman–Crippen MR) is 246 cm³/mol. The molecule has 58 heavy (non-hydrogen) atoms. The summed E-state index contributed by atoms with van der Waals surface area (Å²) in [6, 6.07) is 73.7. The lowest BCUT2D eigenvalue weighted by atomic mass is 10.0. The summed E-state index contributed by atoms with van der Waals surface area (Å²) in [4.78, 5) is 4.90. The highest BCUT2D eigenvalue weighted by molar-refractivity contribution is 7.99. The van der Waals surface area contributed by atoms with E-state index in [1.165, 1.54) is 97.1 Å². The van der Waals surface area contributed by atoms with E-state index in [-0.39, 0.29) is 0 Å². The quantitative estimate of drug-likeness (QED) is 0.168. The summed E-state index contributed by atoms with van der Waals surface area (Å²) in [7, 11) is 0. The molecule has 0 aliphatic carbocycles. The van der Waals surface area contributed by atoms with Crippen molar-refractivity contribution in [1.29, 1.82) is 0 Å². The topological polar surface area (TPSA) is 12.1 Å². The summed E-state index contributed by atoms with van der Waals surface area (Å²) in [5.74, 6) is 0. The maximum absolute atomic E-state index is 2.48. The Labute approximate surface area is 338 Å². The Kier molecular flexibility index (Phi) is 6.66. The standard InChI is InChI=1S/C54H33N3S/c1-2-13-34(14-3-1)35-15-12-16-40(29-35)58-39-27-25-36(26-28-39)55(37-30-45-41-17-4-8-21-49(41)56-50-22-9-5-18-42(50)46(31-37)53(45)56)38-32-47-43-19-6-10-23-51(43)57-52-24-11-7-20-44(52)48(33-38)54(47)57/h1-33H. The second-order valence-corrected chi connectivity index (χ2v) is 16.5. The van der Waals surface area contributed by atoms with Crippen molar-refractivity contribution in [2.24, 2.45) is 0 Å². The predicted octanol–water partition coefficient (Wildman–Crippen LogP) is 15.3. The lowest BCUT2D eigenvalue weighted by Crippen LogP contribution is -2.10. The van der Waals surface area contributed by atoms with Crippen LogP contribution in [-0.4, -0.2) is 8.80 Å². The molecule has 0 radical (unpaired) electrons. The zero-order valence-electron chi connectivity index (χ0n) is 31.3. The van der Waals surface area contributed by atoms with Crippen LogP contribution in [0.15, 0.2) is 210 Å². The van der Waals surface area contributed by atoms with Gasteiger partial charge in [-0.2, -0.15) is 0 Å². The maximum Gasteiger partial charge on any atom is 0.0622 e. The lowest BCUT2D eigenvalue weighted by molar-refractivity contribution is 1.28. The molecule has 0 bridgehead atoms. The van der Waals surface area contributed by atoms with Gasteiger partial charge in [0.1, 0.15) is 0 Å². The molecule has 13 rings (SSSR count). The first kappa shape index (κ1) is 31.9. The summed E-state index contributed by atoms with van der Waals surface area (Å²) in [5, 5.41) is 10.1. The highest BCUT2D eigenvalue weighted by Crippen LogP contribution is 2.48. The van der Waals surface area contributed by atoms with E-state index < -0.39 is 0 Å². The molecule has 0 spiro atoms. The van der Waals surface area contributed by atoms with E-state index in [0.717, 1.165) is 17.1 Å². The third kappa shape index (κ3) is 4.52. The van der Waals surface area contributed by atoms with Crippen LogP contribution in [0.5, 0.6) is 0 Å². The molecule has 0 aliphatic rings. The first-order valence-electron chi connectivity index (χ1n) is 19.8. The van der Waals surface area contributed by atoms with Gasteiger partial charge in [-0.15, -0.1) is 0 Å². The zero-order chi connectivity index (χ0) is 37.9. The van der Waals surface area contributed by atoms with E-state index in [0.29, 0.717) is 0 Å². The molecule has 3 nitrogen and oxygen atoms in total. The van der Waals surface area contributed by atoms with Crippen molar-refractivity contribution in [2.45, 2.75) is 9.79 Å². The van der Waals surface area contributed by atoms with Crippen LogP contribution in [0.1, 0.15) is 0 Å². The maximum atomic E-state index is 2.48. The van der Waals surface area contributed by atoms with Crippen molar-refractivity contribution < 1.29 is 0 Å². The van der Waals surface area contributed by atoms with Gasteiger partial charge in [-0.1, -0.05) is 127 Å². The third-order valence-electron chi connectivity index (χ3n) is 12.2. The Bertz CT molecular complexity index is 3360. The fourth-order valence-electron chi connectivity index (χ4n) is 9.74. The molecule has 0 unspecified atom stereocenters. The van der Waals surface area contributed by atoms with Crippen LogP contribution < -0.4 is 4.90 Å². The summed E-state index contributed by atoms with van der Waals surface area (Å²) in [6.07, 6.45) is 0. The number of rotatable bonds is 6. The molecule has 4 heteroatoms. The molecular formula is C54H33N3S. The summed E-state index contributed by atoms with van der Waals surface area (Å²) < 4.78 is 4.92. The van der Waals surface area contributed by atoms with E-state index in [9.17, 15) is 0 Å². The van der Waals surface area contributed by atoms with Crippen molar-refractivity contribution in [3.63, 3.8) is 0 Å². The van der Waals surface area contributed by atoms with E-state index in [1.54, 1.807) is 11.8 Å². The van der Waals surface area contributed by atoms with Gasteiger partial charge in [0.05, 0.1) is 33.1 Å². The molecule has 13 aromatic rings. The molecule has 0 saturated heterocycles. The Morgan fingerprint density at radius 1 is 0.293 bits per heavy atom. The van der Waals surface area contributed by atoms with Crippen LogP contribution in [0.3, 0.4) is 0 Å². The Balaban J connectivity index is 1.05. The van der Waals surface area contributed by atoms with Crippen LogP contribution in [0.25, 0.3) is 87.3 Å². The van der Waals surface area contributed by atoms with E-state index in [4.69, 9.17) is 0 Å². The van der Waals surface area contributed by atoms with Crippen molar-refractivity contribution >= 4 is 105 Å². The fraction of sp³-hybridized carbons (Fsp3) is 0. The van der Waals surface area contributed by atoms with Crippen LogP contribution in [0.2, 0.25) is 0 Å². The molecule has 0 N–H and O–H groups in total. The van der Waals surface area contributed by atoms with Gasteiger partial charge in [0.15, 0.2) is 0 Å². The highest BCUT2D eigenvalue weighted by Gasteiger charge is 2.24. The van der Waals surface area contributed by atoms with Gasteiger partial charge in [0.2, 0.25) is 0 Å². The number of fused-ring (bicyclic) bond motifs is 12. The number of hydrogen-bond donors (Lipinski definition) is 0. The van der Waals surface area contributed by atoms with Gasteiger partial charge in [0.25, 0.3) is 0 Å². The van der Waals surface area contributed by atoms with Gasteiger partial charge in [-0.05, 0) is 96.1 Å². The van der Waals surface area contributed by atoms with E-state index in [2.05, 4.69) is 214 Å². The normalized spacial score (nSPS) is 12.2. The minimum Gasteiger partial charge on any atom is -0.310 e. The molecule has 270 valence electrons. The number of nitrogens with zero attached hydrogens (tertiary/aromatic N) is 3. The second kappa shape index (κ2) is 12.1. The number of aromatic nitrogens is 2. The van der Waals surface area contributed by atoms with Crippen LogP contribution in [0.4, 0.5) is 17.1 Å². The number of para-hydroxylation sites is 4. The molecule has 4 heterocycles. The summed E-state index contributed by atoms with van der Waals surface area (Å²) in [5.41, 5.74) is 13.4. The van der Waals surface area contributed by atoms with Gasteiger partial charge in [-0.25, -0.2) is 0 Å². The van der Waals surface area contributed by atoms with Crippen molar-refractivity contribution in [2.75, 3.05) is 4.90 Å². The molecule has 0 fully saturated rings. The van der Waals surface area contributed by atoms with Gasteiger partial charge in [-0.3, -0.25) is 0 Å². The summed E-state index contributed by atoms with van der Waals surface area (Å²) in [6.45, 7) is 0. The number of benzene rings is 9. The number of hydrogen-bond acceptors (Lipinski definition) is 2. The van der Waals surface area contributed by atoms with Crippen molar-refractivity contribution in [1.82, 2.24) is 8.80 Å². The molecule has 0 atom stereocenters. The van der Waals surface area contributed by atoms with Gasteiger partial charge < -0.3 is 13.7 Å². The second-order valence-electron chi connectivity index (χ2n) is 15.3. The molecule has 0 aliphatic heterocycles. The molecule has 0 amide bonds. The lowest BCUT2D eigenvalue weighted by Gasteiger charge is -2.26. The van der Waals surface area contributed by atoms with Crippen LogP contribution in [0, 0.1) is 0 Å². The largest absolute Gasteiger partial charge is 0.310 e. The number of anilines is 3. The Hall–Kier alpha value is -7.27. The van der Waals surface area contributed by atoms with Crippen molar-refractivity contribution in [3.8, 4) is 11.1 Å². The third-order valence-corrected chi connectivity index (χ3v) is 13.2. The van der Waals surface area contributed by atoms with Crippen LogP contribution >= 0.6 is 11.8 Å². The molecule has 4 aromatic heterocycles. The van der Waals surface area contributed by atoms with Gasteiger partial charge >= 0.3 is 0 Å². The fourth-order valence-corrected chi connectivity index (χ4v) is 10.6. The van der Waals surface area contributed by atoms with Gasteiger partial charge in [0, 0.05) is 69.9 Å². The Morgan fingerprint density at radius 3 is 1.17 bits per heavy atom. The average molecular weight is 756 g/mol. The smallest absolute Gasteiger partial charge is 0.0622 e. The van der Waals surface area contributed by atoms with E-state index >= 15 is 0 Å².